The molecule has 1 amide bonds. The van der Waals surface area contributed by atoms with E-state index in [1.807, 2.05) is 0 Å². The molecular formula is C17H12ClNO4. The molecular weight excluding hydrogens is 318 g/mol. The summed E-state index contributed by atoms with van der Waals surface area (Å²) in [4.78, 5) is 23.0. The van der Waals surface area contributed by atoms with Crippen LogP contribution in [0.2, 0.25) is 5.02 Å². The second kappa shape index (κ2) is 6.14. The Kier molecular flexibility index (Phi) is 4.04. The highest BCUT2D eigenvalue weighted by molar-refractivity contribution is 6.30. The van der Waals surface area contributed by atoms with Crippen molar-refractivity contribution < 1.29 is 13.9 Å². The fourth-order valence-electron chi connectivity index (χ4n) is 2.14. The lowest BCUT2D eigenvalue weighted by atomic mass is 10.1. The van der Waals surface area contributed by atoms with Crippen LogP contribution in [0.1, 0.15) is 0 Å². The van der Waals surface area contributed by atoms with Crippen LogP contribution >= 0.6 is 11.6 Å². The molecule has 6 heteroatoms. The van der Waals surface area contributed by atoms with E-state index in [1.54, 1.807) is 36.4 Å². The van der Waals surface area contributed by atoms with E-state index in [9.17, 15) is 9.59 Å². The summed E-state index contributed by atoms with van der Waals surface area (Å²) >= 11 is 5.86. The first-order valence-corrected chi connectivity index (χ1v) is 7.16. The van der Waals surface area contributed by atoms with Gasteiger partial charge >= 0.3 is 0 Å². The van der Waals surface area contributed by atoms with Gasteiger partial charge in [-0.25, -0.2) is 0 Å². The van der Waals surface area contributed by atoms with E-state index >= 15 is 0 Å². The van der Waals surface area contributed by atoms with Crippen molar-refractivity contribution in [3.05, 3.63) is 63.8 Å². The van der Waals surface area contributed by atoms with Gasteiger partial charge in [0.15, 0.2) is 12.0 Å². The predicted octanol–water partition coefficient (Wildman–Crippen LogP) is 2.98. The smallest absolute Gasteiger partial charge is 0.255 e. The molecule has 0 atom stereocenters. The zero-order valence-corrected chi connectivity index (χ0v) is 12.7. The average molecular weight is 330 g/mol. The SMILES string of the molecule is NC(=O)COc1ccc2oc(-c3ccc(Cl)cc3)cc(=O)c2c1. The third kappa shape index (κ3) is 3.35. The van der Waals surface area contributed by atoms with E-state index in [0.717, 1.165) is 5.56 Å². The normalized spacial score (nSPS) is 10.7. The molecule has 3 rings (SSSR count). The van der Waals surface area contributed by atoms with Gasteiger partial charge in [-0.15, -0.1) is 0 Å². The molecule has 0 radical (unpaired) electrons. The highest BCUT2D eigenvalue weighted by atomic mass is 35.5. The highest BCUT2D eigenvalue weighted by Crippen LogP contribution is 2.25. The maximum atomic E-state index is 12.3. The first-order chi connectivity index (χ1) is 11.0. The average Bonchev–Trinajstić information content (AvgIpc) is 2.53. The van der Waals surface area contributed by atoms with Crippen LogP contribution < -0.4 is 15.9 Å². The number of benzene rings is 2. The van der Waals surface area contributed by atoms with Gasteiger partial charge < -0.3 is 14.9 Å². The monoisotopic (exact) mass is 329 g/mol. The zero-order valence-electron chi connectivity index (χ0n) is 11.9. The molecule has 1 aromatic heterocycles. The van der Waals surface area contributed by atoms with Crippen molar-refractivity contribution in [2.24, 2.45) is 5.73 Å². The van der Waals surface area contributed by atoms with Crippen molar-refractivity contribution in [3.8, 4) is 17.1 Å². The molecule has 2 N–H and O–H groups in total. The number of hydrogen-bond donors (Lipinski definition) is 1. The highest BCUT2D eigenvalue weighted by Gasteiger charge is 2.09. The second-order valence-electron chi connectivity index (χ2n) is 4.89. The van der Waals surface area contributed by atoms with Crippen LogP contribution in [-0.2, 0) is 4.79 Å². The summed E-state index contributed by atoms with van der Waals surface area (Å²) in [5.41, 5.74) is 5.99. The standard InChI is InChI=1S/C17H12ClNO4/c18-11-3-1-10(2-4-11)16-8-14(20)13-7-12(22-9-17(19)21)5-6-15(13)23-16/h1-8H,9H2,(H2,19,21). The predicted molar refractivity (Wildman–Crippen MR) is 87.6 cm³/mol. The van der Waals surface area contributed by atoms with Crippen molar-refractivity contribution in [1.29, 1.82) is 0 Å². The number of carbonyl (C=O) groups excluding carboxylic acids is 1. The summed E-state index contributed by atoms with van der Waals surface area (Å²) < 4.78 is 10.9. The zero-order chi connectivity index (χ0) is 16.4. The summed E-state index contributed by atoms with van der Waals surface area (Å²) in [6, 6.07) is 13.2. The number of hydrogen-bond acceptors (Lipinski definition) is 4. The third-order valence-corrected chi connectivity index (χ3v) is 3.46. The Bertz CT molecular complexity index is 931. The number of primary amides is 1. The quantitative estimate of drug-likeness (QED) is 0.797. The van der Waals surface area contributed by atoms with Crippen LogP contribution in [0.3, 0.4) is 0 Å². The number of rotatable bonds is 4. The number of fused-ring (bicyclic) bond motifs is 1. The van der Waals surface area contributed by atoms with Crippen LogP contribution in [-0.4, -0.2) is 12.5 Å². The number of nitrogens with two attached hydrogens (primary N) is 1. The van der Waals surface area contributed by atoms with Gasteiger partial charge in [-0.05, 0) is 42.5 Å². The molecule has 0 saturated heterocycles. The van der Waals surface area contributed by atoms with E-state index in [1.165, 1.54) is 12.1 Å². The fourth-order valence-corrected chi connectivity index (χ4v) is 2.26. The summed E-state index contributed by atoms with van der Waals surface area (Å²) in [5.74, 6) is 0.239. The minimum Gasteiger partial charge on any atom is -0.484 e. The largest absolute Gasteiger partial charge is 0.484 e. The second-order valence-corrected chi connectivity index (χ2v) is 5.33. The van der Waals surface area contributed by atoms with Crippen molar-refractivity contribution >= 4 is 28.5 Å². The molecule has 5 nitrogen and oxygen atoms in total. The molecule has 116 valence electrons. The molecule has 0 unspecified atom stereocenters. The molecule has 0 aliphatic carbocycles. The van der Waals surface area contributed by atoms with Gasteiger partial charge in [0.05, 0.1) is 5.39 Å². The fraction of sp³-hybridized carbons (Fsp3) is 0.0588. The molecule has 0 aliphatic rings. The first-order valence-electron chi connectivity index (χ1n) is 6.78. The van der Waals surface area contributed by atoms with E-state index in [2.05, 4.69) is 0 Å². The summed E-state index contributed by atoms with van der Waals surface area (Å²) in [6.45, 7) is -0.250. The van der Waals surface area contributed by atoms with Crippen LogP contribution in [0, 0.1) is 0 Å². The van der Waals surface area contributed by atoms with Gasteiger partial charge in [-0.2, -0.15) is 0 Å². The van der Waals surface area contributed by atoms with Crippen LogP contribution in [0.5, 0.6) is 5.75 Å². The number of halogens is 1. The number of carbonyl (C=O) groups is 1. The number of amides is 1. The van der Waals surface area contributed by atoms with Crippen molar-refractivity contribution in [2.45, 2.75) is 0 Å². The van der Waals surface area contributed by atoms with Crippen LogP contribution in [0.4, 0.5) is 0 Å². The molecule has 3 aromatic rings. The molecule has 0 bridgehead atoms. The van der Waals surface area contributed by atoms with E-state index < -0.39 is 5.91 Å². The van der Waals surface area contributed by atoms with E-state index in [4.69, 9.17) is 26.5 Å². The van der Waals surface area contributed by atoms with Gasteiger partial charge in [0, 0.05) is 16.7 Å². The Morgan fingerprint density at radius 1 is 1.13 bits per heavy atom. The van der Waals surface area contributed by atoms with E-state index in [-0.39, 0.29) is 12.0 Å². The third-order valence-electron chi connectivity index (χ3n) is 3.21. The molecule has 0 fully saturated rings. The molecule has 0 spiro atoms. The lowest BCUT2D eigenvalue weighted by molar-refractivity contribution is -0.119. The Labute approximate surface area is 136 Å². The summed E-state index contributed by atoms with van der Waals surface area (Å²) in [6.07, 6.45) is 0. The topological polar surface area (TPSA) is 82.5 Å². The van der Waals surface area contributed by atoms with Crippen molar-refractivity contribution in [3.63, 3.8) is 0 Å². The Morgan fingerprint density at radius 3 is 2.57 bits per heavy atom. The summed E-state index contributed by atoms with van der Waals surface area (Å²) in [5, 5.41) is 0.970. The van der Waals surface area contributed by atoms with Crippen molar-refractivity contribution in [2.75, 3.05) is 6.61 Å². The molecule has 0 saturated carbocycles. The maximum absolute atomic E-state index is 12.3. The molecule has 23 heavy (non-hydrogen) atoms. The Morgan fingerprint density at radius 2 is 1.87 bits per heavy atom. The lowest BCUT2D eigenvalue weighted by Gasteiger charge is -2.06. The van der Waals surface area contributed by atoms with Gasteiger partial charge in [0.1, 0.15) is 17.1 Å². The van der Waals surface area contributed by atoms with E-state index in [0.29, 0.717) is 27.5 Å². The van der Waals surface area contributed by atoms with Gasteiger partial charge in [0.2, 0.25) is 0 Å². The van der Waals surface area contributed by atoms with Crippen molar-refractivity contribution in [1.82, 2.24) is 0 Å². The van der Waals surface area contributed by atoms with Gasteiger partial charge in [0.25, 0.3) is 5.91 Å². The van der Waals surface area contributed by atoms with Crippen LogP contribution in [0.25, 0.3) is 22.3 Å². The minimum atomic E-state index is -0.588. The Balaban J connectivity index is 2.02. The molecule has 1 heterocycles. The molecule has 0 aliphatic heterocycles. The molecule has 2 aromatic carbocycles. The summed E-state index contributed by atoms with van der Waals surface area (Å²) in [7, 11) is 0. The Hall–Kier alpha value is -2.79. The first kappa shape index (κ1) is 15.1. The van der Waals surface area contributed by atoms with Gasteiger partial charge in [-0.1, -0.05) is 11.6 Å². The van der Waals surface area contributed by atoms with Gasteiger partial charge in [-0.3, -0.25) is 9.59 Å². The lowest BCUT2D eigenvalue weighted by Crippen LogP contribution is -2.20. The van der Waals surface area contributed by atoms with Crippen LogP contribution in [0.15, 0.2) is 57.7 Å². The number of ether oxygens (including phenoxy) is 1. The maximum Gasteiger partial charge on any atom is 0.255 e. The minimum absolute atomic E-state index is 0.208.